The quantitative estimate of drug-likeness (QED) is 0.571. The standard InChI is InChI=1S/C27H34ClNO4/c1-3-25(30)23-11-8-20(23)16-29-13-5-4-6-18-14-22(28)10-7-21(18)17-33-26-12-9-19(15-24(26)29)27(31)32-2/h7,9-10,12,14-15,20,23,25,30H,3-6,8,11,13,16-17H2,1-2H3/t20-,23+,25-/m0/s1. The molecule has 5 nitrogen and oxygen atoms in total. The van der Waals surface area contributed by atoms with Crippen LogP contribution < -0.4 is 9.64 Å². The highest BCUT2D eigenvalue weighted by Crippen LogP contribution is 2.41. The van der Waals surface area contributed by atoms with Crippen LogP contribution in [0, 0.1) is 11.8 Å². The van der Waals surface area contributed by atoms with Crippen LogP contribution in [-0.4, -0.2) is 37.4 Å². The number of aryl methyl sites for hydroxylation is 1. The molecule has 0 unspecified atom stereocenters. The molecular formula is C27H34ClNO4. The zero-order valence-electron chi connectivity index (χ0n) is 19.6. The number of ether oxygens (including phenoxy) is 2. The largest absolute Gasteiger partial charge is 0.487 e. The number of aliphatic hydroxyl groups is 1. The Hall–Kier alpha value is -2.24. The number of halogens is 1. The van der Waals surface area contributed by atoms with Crippen molar-refractivity contribution in [3.05, 3.63) is 58.1 Å². The number of carbonyl (C=O) groups is 1. The molecular weight excluding hydrogens is 438 g/mol. The second-order valence-corrected chi connectivity index (χ2v) is 9.69. The molecule has 1 heterocycles. The molecule has 3 atom stereocenters. The van der Waals surface area contributed by atoms with Crippen molar-refractivity contribution in [1.29, 1.82) is 0 Å². The summed E-state index contributed by atoms with van der Waals surface area (Å²) in [4.78, 5) is 14.6. The summed E-state index contributed by atoms with van der Waals surface area (Å²) in [6.45, 7) is 4.21. The third-order valence-electron chi connectivity index (χ3n) is 7.24. The van der Waals surface area contributed by atoms with Crippen LogP contribution in [0.1, 0.15) is 60.5 Å². The summed E-state index contributed by atoms with van der Waals surface area (Å²) in [6, 6.07) is 11.5. The number of fused-ring (bicyclic) bond motifs is 2. The Balaban J connectivity index is 1.65. The molecule has 0 amide bonds. The highest BCUT2D eigenvalue weighted by Gasteiger charge is 2.36. The van der Waals surface area contributed by atoms with E-state index in [-0.39, 0.29) is 12.1 Å². The van der Waals surface area contributed by atoms with Crippen LogP contribution in [-0.2, 0) is 17.8 Å². The summed E-state index contributed by atoms with van der Waals surface area (Å²) in [5, 5.41) is 11.2. The zero-order valence-corrected chi connectivity index (χ0v) is 20.3. The third kappa shape index (κ3) is 5.47. The molecule has 1 fully saturated rings. The fourth-order valence-electron chi connectivity index (χ4n) is 5.10. The summed E-state index contributed by atoms with van der Waals surface area (Å²) in [5.41, 5.74) is 3.81. The fourth-order valence-corrected chi connectivity index (χ4v) is 5.29. The molecule has 1 aliphatic heterocycles. The summed E-state index contributed by atoms with van der Waals surface area (Å²) >= 11 is 6.26. The predicted molar refractivity (Wildman–Crippen MR) is 131 cm³/mol. The van der Waals surface area contributed by atoms with E-state index < -0.39 is 0 Å². The number of hydrogen-bond acceptors (Lipinski definition) is 5. The van der Waals surface area contributed by atoms with Gasteiger partial charge in [0.15, 0.2) is 0 Å². The van der Waals surface area contributed by atoms with Crippen molar-refractivity contribution in [1.82, 2.24) is 0 Å². The molecule has 6 heteroatoms. The summed E-state index contributed by atoms with van der Waals surface area (Å²) in [6.07, 6.45) is 5.75. The summed E-state index contributed by atoms with van der Waals surface area (Å²) in [7, 11) is 1.40. The Morgan fingerprint density at radius 2 is 2.06 bits per heavy atom. The molecule has 2 aromatic rings. The Morgan fingerprint density at radius 1 is 1.21 bits per heavy atom. The van der Waals surface area contributed by atoms with Gasteiger partial charge in [-0.1, -0.05) is 24.6 Å². The normalized spacial score (nSPS) is 21.5. The number of nitrogens with zero attached hydrogens (tertiary/aromatic N) is 1. The first-order valence-corrected chi connectivity index (χ1v) is 12.4. The van der Waals surface area contributed by atoms with Crippen molar-refractivity contribution in [2.45, 2.75) is 58.2 Å². The monoisotopic (exact) mass is 471 g/mol. The topological polar surface area (TPSA) is 59.0 Å². The summed E-state index contributed by atoms with van der Waals surface area (Å²) < 4.78 is 11.3. The molecule has 0 bridgehead atoms. The van der Waals surface area contributed by atoms with Crippen LogP contribution in [0.15, 0.2) is 36.4 Å². The molecule has 1 aliphatic carbocycles. The first-order chi connectivity index (χ1) is 16.0. The van der Waals surface area contributed by atoms with Gasteiger partial charge in [-0.15, -0.1) is 0 Å². The van der Waals surface area contributed by atoms with Gasteiger partial charge < -0.3 is 19.5 Å². The van der Waals surface area contributed by atoms with E-state index in [1.165, 1.54) is 12.7 Å². The number of anilines is 1. The highest BCUT2D eigenvalue weighted by atomic mass is 35.5. The molecule has 0 aromatic heterocycles. The van der Waals surface area contributed by atoms with Crippen LogP contribution in [0.25, 0.3) is 0 Å². The molecule has 2 aromatic carbocycles. The maximum atomic E-state index is 12.3. The zero-order chi connectivity index (χ0) is 23.4. The lowest BCUT2D eigenvalue weighted by Gasteiger charge is -2.43. The maximum absolute atomic E-state index is 12.3. The van der Waals surface area contributed by atoms with Gasteiger partial charge in [-0.2, -0.15) is 0 Å². The lowest BCUT2D eigenvalue weighted by molar-refractivity contribution is 0.0139. The third-order valence-corrected chi connectivity index (χ3v) is 7.48. The minimum absolute atomic E-state index is 0.246. The second kappa shape index (κ2) is 10.8. The number of aliphatic hydroxyl groups excluding tert-OH is 1. The van der Waals surface area contributed by atoms with Crippen molar-refractivity contribution in [3.63, 3.8) is 0 Å². The van der Waals surface area contributed by atoms with E-state index in [2.05, 4.69) is 4.90 Å². The van der Waals surface area contributed by atoms with Gasteiger partial charge in [0.25, 0.3) is 0 Å². The Bertz CT molecular complexity index is 979. The van der Waals surface area contributed by atoms with E-state index in [4.69, 9.17) is 21.1 Å². The number of hydrogen-bond donors (Lipinski definition) is 1. The lowest BCUT2D eigenvalue weighted by atomic mass is 9.69. The van der Waals surface area contributed by atoms with Crippen LogP contribution in [0.3, 0.4) is 0 Å². The molecule has 2 aliphatic rings. The van der Waals surface area contributed by atoms with Crippen LogP contribution in [0.5, 0.6) is 5.75 Å². The molecule has 33 heavy (non-hydrogen) atoms. The molecule has 178 valence electrons. The van der Waals surface area contributed by atoms with Gasteiger partial charge in [-0.25, -0.2) is 4.79 Å². The van der Waals surface area contributed by atoms with Gasteiger partial charge in [-0.05, 0) is 91.8 Å². The van der Waals surface area contributed by atoms with Crippen molar-refractivity contribution in [3.8, 4) is 5.75 Å². The van der Waals surface area contributed by atoms with E-state index in [0.717, 1.165) is 73.6 Å². The molecule has 4 rings (SSSR count). The van der Waals surface area contributed by atoms with Crippen molar-refractivity contribution in [2.24, 2.45) is 11.8 Å². The van der Waals surface area contributed by atoms with Crippen molar-refractivity contribution < 1.29 is 19.4 Å². The first-order valence-electron chi connectivity index (χ1n) is 12.1. The highest BCUT2D eigenvalue weighted by molar-refractivity contribution is 6.30. The van der Waals surface area contributed by atoms with Gasteiger partial charge in [0.05, 0.1) is 24.5 Å². The second-order valence-electron chi connectivity index (χ2n) is 9.26. The lowest BCUT2D eigenvalue weighted by Crippen LogP contribution is -2.43. The van der Waals surface area contributed by atoms with Gasteiger partial charge >= 0.3 is 5.97 Å². The Labute approximate surface area is 201 Å². The Morgan fingerprint density at radius 3 is 2.79 bits per heavy atom. The molecule has 0 radical (unpaired) electrons. The number of benzene rings is 2. The molecule has 0 saturated heterocycles. The average Bonchev–Trinajstić information content (AvgIpc) is 2.84. The number of carbonyl (C=O) groups excluding carboxylic acids is 1. The van der Waals surface area contributed by atoms with Crippen LogP contribution >= 0.6 is 11.6 Å². The maximum Gasteiger partial charge on any atom is 0.337 e. The van der Waals surface area contributed by atoms with Gasteiger partial charge in [0, 0.05) is 18.1 Å². The van der Waals surface area contributed by atoms with Gasteiger partial charge in [0.2, 0.25) is 0 Å². The van der Waals surface area contributed by atoms with Crippen molar-refractivity contribution in [2.75, 3.05) is 25.1 Å². The minimum atomic E-state index is -0.352. The summed E-state index contributed by atoms with van der Waals surface area (Å²) in [5.74, 6) is 1.19. The predicted octanol–water partition coefficient (Wildman–Crippen LogP) is 5.65. The fraction of sp³-hybridized carbons (Fsp3) is 0.519. The van der Waals surface area contributed by atoms with Crippen LogP contribution in [0.4, 0.5) is 5.69 Å². The molecule has 1 N–H and O–H groups in total. The van der Waals surface area contributed by atoms with Crippen LogP contribution in [0.2, 0.25) is 5.02 Å². The van der Waals surface area contributed by atoms with E-state index in [1.807, 2.05) is 37.3 Å². The molecule has 1 saturated carbocycles. The van der Waals surface area contributed by atoms with Crippen molar-refractivity contribution >= 4 is 23.3 Å². The van der Waals surface area contributed by atoms with Gasteiger partial charge in [0.1, 0.15) is 12.4 Å². The van der Waals surface area contributed by atoms with Gasteiger partial charge in [-0.3, -0.25) is 0 Å². The average molecular weight is 472 g/mol. The van der Waals surface area contributed by atoms with E-state index >= 15 is 0 Å². The molecule has 0 spiro atoms. The SMILES string of the molecule is CC[C@H](O)[C@@H]1CC[C@H]1CN1CCCCc2cc(Cl)ccc2COc2ccc(C(=O)OC)cc21. The van der Waals surface area contributed by atoms with E-state index in [1.54, 1.807) is 6.07 Å². The number of rotatable bonds is 5. The van der Waals surface area contributed by atoms with E-state index in [0.29, 0.717) is 24.0 Å². The smallest absolute Gasteiger partial charge is 0.337 e. The minimum Gasteiger partial charge on any atom is -0.487 e. The number of esters is 1. The number of methoxy groups -OCH3 is 1. The first kappa shape index (κ1) is 23.9. The van der Waals surface area contributed by atoms with E-state index in [9.17, 15) is 9.90 Å². The Kier molecular flexibility index (Phi) is 7.82.